The SMILES string of the molecule is COc1ccc(Cn2nc(-c3ccc(F)nc3)c3nc(-c4cccc(C)c4C)c(C)cc32)cc1. The van der Waals surface area contributed by atoms with Crippen LogP contribution in [0.25, 0.3) is 33.5 Å². The van der Waals surface area contributed by atoms with E-state index in [0.29, 0.717) is 12.2 Å². The molecule has 3 heterocycles. The molecule has 3 aromatic heterocycles. The number of pyridine rings is 2. The minimum Gasteiger partial charge on any atom is -0.497 e. The fourth-order valence-electron chi connectivity index (χ4n) is 4.21. The van der Waals surface area contributed by atoms with Crippen LogP contribution in [-0.2, 0) is 6.54 Å². The van der Waals surface area contributed by atoms with Crippen molar-refractivity contribution in [3.63, 3.8) is 0 Å². The second kappa shape index (κ2) is 8.71. The van der Waals surface area contributed by atoms with Crippen LogP contribution >= 0.6 is 0 Å². The molecule has 0 unspecified atom stereocenters. The van der Waals surface area contributed by atoms with Crippen molar-refractivity contribution in [3.05, 3.63) is 95.1 Å². The first-order chi connectivity index (χ1) is 16.4. The van der Waals surface area contributed by atoms with Crippen molar-refractivity contribution in [2.75, 3.05) is 7.11 Å². The molecule has 0 radical (unpaired) electrons. The monoisotopic (exact) mass is 452 g/mol. The quantitative estimate of drug-likeness (QED) is 0.295. The van der Waals surface area contributed by atoms with Crippen LogP contribution in [0.4, 0.5) is 4.39 Å². The topological polar surface area (TPSA) is 52.8 Å². The van der Waals surface area contributed by atoms with E-state index in [9.17, 15) is 4.39 Å². The number of methoxy groups -OCH3 is 1. The summed E-state index contributed by atoms with van der Waals surface area (Å²) in [6, 6.07) is 19.4. The molecule has 0 saturated carbocycles. The number of aromatic nitrogens is 4. The summed E-state index contributed by atoms with van der Waals surface area (Å²) in [6.45, 7) is 6.87. The summed E-state index contributed by atoms with van der Waals surface area (Å²) in [5, 5.41) is 4.90. The molecule has 34 heavy (non-hydrogen) atoms. The fourth-order valence-corrected chi connectivity index (χ4v) is 4.21. The molecule has 5 nitrogen and oxygen atoms in total. The van der Waals surface area contributed by atoms with E-state index >= 15 is 0 Å². The van der Waals surface area contributed by atoms with Crippen LogP contribution in [0.3, 0.4) is 0 Å². The first-order valence-corrected chi connectivity index (χ1v) is 11.1. The lowest BCUT2D eigenvalue weighted by Crippen LogP contribution is -2.02. The van der Waals surface area contributed by atoms with Crippen molar-refractivity contribution >= 4 is 11.0 Å². The standard InChI is InChI=1S/C28H25FN4O/c1-17-6-5-7-23(19(17)3)26-18(2)14-24-28(31-26)27(21-10-13-25(29)30-15-21)32-33(24)16-20-8-11-22(34-4)12-9-20/h5-15H,16H2,1-4H3. The number of halogens is 1. The van der Waals surface area contributed by atoms with Gasteiger partial charge < -0.3 is 4.74 Å². The molecule has 0 aliphatic rings. The zero-order valence-corrected chi connectivity index (χ0v) is 19.6. The van der Waals surface area contributed by atoms with Crippen molar-refractivity contribution in [2.45, 2.75) is 27.3 Å². The lowest BCUT2D eigenvalue weighted by molar-refractivity contribution is 0.414. The van der Waals surface area contributed by atoms with E-state index in [-0.39, 0.29) is 0 Å². The molecule has 170 valence electrons. The minimum atomic E-state index is -0.523. The van der Waals surface area contributed by atoms with Gasteiger partial charge in [-0.05, 0) is 73.4 Å². The van der Waals surface area contributed by atoms with Crippen LogP contribution in [0.5, 0.6) is 5.75 Å². The van der Waals surface area contributed by atoms with Gasteiger partial charge in [0.2, 0.25) is 5.95 Å². The van der Waals surface area contributed by atoms with Crippen molar-refractivity contribution in [2.24, 2.45) is 0 Å². The number of fused-ring (bicyclic) bond motifs is 1. The molecule has 6 heteroatoms. The molecule has 0 N–H and O–H groups in total. The molecule has 0 aliphatic carbocycles. The average molecular weight is 453 g/mol. The molecule has 0 fully saturated rings. The zero-order valence-electron chi connectivity index (χ0n) is 19.6. The Labute approximate surface area is 197 Å². The maximum atomic E-state index is 13.5. The summed E-state index contributed by atoms with van der Waals surface area (Å²) >= 11 is 0. The molecule has 0 bridgehead atoms. The fraction of sp³-hybridized carbons (Fsp3) is 0.179. The Kier molecular flexibility index (Phi) is 5.57. The third-order valence-corrected chi connectivity index (χ3v) is 6.27. The number of hydrogen-bond donors (Lipinski definition) is 0. The number of aryl methyl sites for hydroxylation is 2. The van der Waals surface area contributed by atoms with Crippen LogP contribution in [0, 0.1) is 26.7 Å². The highest BCUT2D eigenvalue weighted by atomic mass is 19.1. The predicted octanol–water partition coefficient (Wildman–Crippen LogP) is 6.28. The van der Waals surface area contributed by atoms with Gasteiger partial charge in [0.1, 0.15) is 17.0 Å². The minimum absolute atomic E-state index is 0.523. The molecule has 5 aromatic rings. The maximum absolute atomic E-state index is 13.5. The highest BCUT2D eigenvalue weighted by Crippen LogP contribution is 2.33. The van der Waals surface area contributed by atoms with Crippen molar-refractivity contribution in [1.82, 2.24) is 19.7 Å². The van der Waals surface area contributed by atoms with Crippen LogP contribution < -0.4 is 4.74 Å². The molecule has 2 aromatic carbocycles. The maximum Gasteiger partial charge on any atom is 0.212 e. The Bertz CT molecular complexity index is 1490. The Morgan fingerprint density at radius 1 is 0.912 bits per heavy atom. The molecule has 0 amide bonds. The molecule has 0 atom stereocenters. The van der Waals surface area contributed by atoms with Gasteiger partial charge in [0.25, 0.3) is 0 Å². The number of nitrogens with zero attached hydrogens (tertiary/aromatic N) is 4. The average Bonchev–Trinajstić information content (AvgIpc) is 3.18. The van der Waals surface area contributed by atoms with Crippen molar-refractivity contribution in [1.29, 1.82) is 0 Å². The first-order valence-electron chi connectivity index (χ1n) is 11.1. The molecule has 0 saturated heterocycles. The van der Waals surface area contributed by atoms with E-state index in [1.54, 1.807) is 13.2 Å². The molecule has 0 spiro atoms. The van der Waals surface area contributed by atoms with Crippen LogP contribution in [0.2, 0.25) is 0 Å². The van der Waals surface area contributed by atoms with E-state index in [4.69, 9.17) is 14.8 Å². The largest absolute Gasteiger partial charge is 0.497 e. The van der Waals surface area contributed by atoms with Gasteiger partial charge in [-0.3, -0.25) is 4.68 Å². The normalized spacial score (nSPS) is 11.2. The lowest BCUT2D eigenvalue weighted by Gasteiger charge is -2.12. The Morgan fingerprint density at radius 2 is 1.71 bits per heavy atom. The highest BCUT2D eigenvalue weighted by Gasteiger charge is 2.19. The van der Waals surface area contributed by atoms with Gasteiger partial charge in [-0.25, -0.2) is 9.97 Å². The number of ether oxygens (including phenoxy) is 1. The lowest BCUT2D eigenvalue weighted by atomic mass is 9.97. The summed E-state index contributed by atoms with van der Waals surface area (Å²) in [5.74, 6) is 0.286. The van der Waals surface area contributed by atoms with Crippen molar-refractivity contribution in [3.8, 4) is 28.3 Å². The van der Waals surface area contributed by atoms with E-state index in [2.05, 4.69) is 50.0 Å². The van der Waals surface area contributed by atoms with Gasteiger partial charge in [0.05, 0.1) is 24.9 Å². The smallest absolute Gasteiger partial charge is 0.212 e. The summed E-state index contributed by atoms with van der Waals surface area (Å²) in [7, 11) is 1.65. The van der Waals surface area contributed by atoms with E-state index in [1.165, 1.54) is 23.4 Å². The van der Waals surface area contributed by atoms with Crippen LogP contribution in [0.15, 0.2) is 66.9 Å². The Hall–Kier alpha value is -4.06. The number of hydrogen-bond acceptors (Lipinski definition) is 4. The van der Waals surface area contributed by atoms with Gasteiger partial charge in [-0.1, -0.05) is 30.3 Å². The first kappa shape index (κ1) is 21.8. The van der Waals surface area contributed by atoms with Gasteiger partial charge in [0.15, 0.2) is 0 Å². The summed E-state index contributed by atoms with van der Waals surface area (Å²) < 4.78 is 20.8. The second-order valence-electron chi connectivity index (χ2n) is 8.49. The van der Waals surface area contributed by atoms with E-state index in [1.807, 2.05) is 28.9 Å². The molecular weight excluding hydrogens is 427 g/mol. The molecule has 5 rings (SSSR count). The third kappa shape index (κ3) is 3.92. The number of rotatable bonds is 5. The second-order valence-corrected chi connectivity index (χ2v) is 8.49. The van der Waals surface area contributed by atoms with Gasteiger partial charge in [-0.15, -0.1) is 0 Å². The van der Waals surface area contributed by atoms with E-state index in [0.717, 1.165) is 44.7 Å². The van der Waals surface area contributed by atoms with Gasteiger partial charge >= 0.3 is 0 Å². The van der Waals surface area contributed by atoms with Crippen molar-refractivity contribution < 1.29 is 9.13 Å². The summed E-state index contributed by atoms with van der Waals surface area (Å²) in [4.78, 5) is 8.95. The summed E-state index contributed by atoms with van der Waals surface area (Å²) in [5.41, 5.74) is 9.70. The molecule has 0 aliphatic heterocycles. The van der Waals surface area contributed by atoms with E-state index < -0.39 is 5.95 Å². The van der Waals surface area contributed by atoms with Crippen LogP contribution in [-0.4, -0.2) is 26.9 Å². The molecular formula is C28H25FN4O. The Morgan fingerprint density at radius 3 is 2.41 bits per heavy atom. The summed E-state index contributed by atoms with van der Waals surface area (Å²) in [6.07, 6.45) is 1.51. The zero-order chi connectivity index (χ0) is 23.8. The third-order valence-electron chi connectivity index (χ3n) is 6.27. The predicted molar refractivity (Wildman–Crippen MR) is 132 cm³/mol. The highest BCUT2D eigenvalue weighted by molar-refractivity contribution is 5.92. The van der Waals surface area contributed by atoms with Crippen LogP contribution in [0.1, 0.15) is 22.3 Å². The number of benzene rings is 2. The van der Waals surface area contributed by atoms with Gasteiger partial charge in [-0.2, -0.15) is 9.49 Å². The van der Waals surface area contributed by atoms with Gasteiger partial charge in [0, 0.05) is 17.3 Å². The Balaban J connectivity index is 1.70.